The summed E-state index contributed by atoms with van der Waals surface area (Å²) in [6.07, 6.45) is 70.0. The second kappa shape index (κ2) is 55.4. The van der Waals surface area contributed by atoms with Crippen LogP contribution in [0.1, 0.15) is 296 Å². The number of rotatable bonds is 53. The lowest BCUT2D eigenvalue weighted by atomic mass is 10.0. The minimum Gasteiger partial charge on any atom is -0.466 e. The van der Waals surface area contributed by atoms with Crippen LogP contribution in [0.5, 0.6) is 0 Å². The fraction of sp³-hybridized carbons (Fsp3) is 0.833. The lowest BCUT2D eigenvalue weighted by Gasteiger charge is -2.20. The van der Waals surface area contributed by atoms with E-state index in [1.165, 1.54) is 218 Å². The molecular weight excluding hydrogens is 815 g/mol. The molecule has 0 aliphatic carbocycles. The van der Waals surface area contributed by atoms with Crippen molar-refractivity contribution in [2.45, 2.75) is 309 Å². The molecule has 3 N–H and O–H groups in total. The zero-order chi connectivity index (χ0) is 47.9. The van der Waals surface area contributed by atoms with Crippen LogP contribution in [0, 0.1) is 0 Å². The smallest absolute Gasteiger partial charge is 0.305 e. The summed E-state index contributed by atoms with van der Waals surface area (Å²) < 4.78 is 5.47. The summed E-state index contributed by atoms with van der Waals surface area (Å²) in [5, 5.41) is 23.0. The van der Waals surface area contributed by atoms with Gasteiger partial charge < -0.3 is 20.3 Å². The second-order valence-electron chi connectivity index (χ2n) is 19.6. The Kier molecular flexibility index (Phi) is 53.6. The Hall–Kier alpha value is -2.18. The number of carbonyl (C=O) groups is 2. The molecule has 0 aliphatic heterocycles. The number of allylic oxidation sites excluding steroid dienone is 7. The van der Waals surface area contributed by atoms with Crippen LogP contribution in [0.4, 0.5) is 0 Å². The summed E-state index contributed by atoms with van der Waals surface area (Å²) in [6.45, 7) is 4.83. The van der Waals surface area contributed by atoms with Crippen LogP contribution in [0.15, 0.2) is 48.6 Å². The number of unbranched alkanes of at least 4 members (excludes halogenated alkanes) is 36. The van der Waals surface area contributed by atoms with Crippen molar-refractivity contribution in [3.63, 3.8) is 0 Å². The Morgan fingerprint density at radius 1 is 0.424 bits per heavy atom. The first-order valence-corrected chi connectivity index (χ1v) is 28.9. The molecule has 66 heavy (non-hydrogen) atoms. The molecular formula is C60H111NO5. The van der Waals surface area contributed by atoms with Crippen molar-refractivity contribution in [2.24, 2.45) is 0 Å². The minimum absolute atomic E-state index is 0.00237. The first kappa shape index (κ1) is 63.8. The van der Waals surface area contributed by atoms with E-state index in [0.29, 0.717) is 19.4 Å². The van der Waals surface area contributed by atoms with Crippen LogP contribution in [0.3, 0.4) is 0 Å². The van der Waals surface area contributed by atoms with E-state index < -0.39 is 12.1 Å². The highest BCUT2D eigenvalue weighted by atomic mass is 16.5. The molecule has 0 aromatic carbocycles. The highest BCUT2D eigenvalue weighted by Gasteiger charge is 2.18. The summed E-state index contributed by atoms with van der Waals surface area (Å²) in [5.41, 5.74) is 0. The third-order valence-electron chi connectivity index (χ3n) is 13.1. The molecule has 0 aromatic rings. The van der Waals surface area contributed by atoms with Gasteiger partial charge in [-0.3, -0.25) is 9.59 Å². The van der Waals surface area contributed by atoms with Gasteiger partial charge in [0.15, 0.2) is 0 Å². The molecule has 1 amide bonds. The van der Waals surface area contributed by atoms with E-state index in [4.69, 9.17) is 4.74 Å². The van der Waals surface area contributed by atoms with E-state index in [9.17, 15) is 19.8 Å². The SMILES string of the molecule is CCCC/C=C\C/C=C\CCCCCCCC(=O)OCCCCCCCCCCCCCC/C=C\CCCCCCCCCCCC(=O)NC(CO)C(O)/C=C/CCCCCCCCCC. The molecule has 0 aliphatic rings. The maximum Gasteiger partial charge on any atom is 0.305 e. The molecule has 2 unspecified atom stereocenters. The average Bonchev–Trinajstić information content (AvgIpc) is 3.32. The van der Waals surface area contributed by atoms with Crippen molar-refractivity contribution < 1.29 is 24.5 Å². The molecule has 0 saturated carbocycles. The van der Waals surface area contributed by atoms with Crippen LogP contribution in [0.25, 0.3) is 0 Å². The zero-order valence-electron chi connectivity index (χ0n) is 43.9. The molecule has 0 fully saturated rings. The lowest BCUT2D eigenvalue weighted by molar-refractivity contribution is -0.143. The third-order valence-corrected chi connectivity index (χ3v) is 13.1. The highest BCUT2D eigenvalue weighted by molar-refractivity contribution is 5.76. The van der Waals surface area contributed by atoms with Gasteiger partial charge in [-0.05, 0) is 83.5 Å². The van der Waals surface area contributed by atoms with E-state index >= 15 is 0 Å². The average molecular weight is 927 g/mol. The minimum atomic E-state index is -0.845. The van der Waals surface area contributed by atoms with Gasteiger partial charge in [0.1, 0.15) is 0 Å². The van der Waals surface area contributed by atoms with Crippen LogP contribution < -0.4 is 5.32 Å². The second-order valence-corrected chi connectivity index (χ2v) is 19.6. The van der Waals surface area contributed by atoms with Gasteiger partial charge >= 0.3 is 5.97 Å². The van der Waals surface area contributed by atoms with E-state index in [1.54, 1.807) is 6.08 Å². The number of hydrogen-bond donors (Lipinski definition) is 3. The number of esters is 1. The van der Waals surface area contributed by atoms with E-state index in [0.717, 1.165) is 51.4 Å². The van der Waals surface area contributed by atoms with Gasteiger partial charge in [-0.2, -0.15) is 0 Å². The predicted molar refractivity (Wildman–Crippen MR) is 287 cm³/mol. The van der Waals surface area contributed by atoms with Crippen LogP contribution in [0.2, 0.25) is 0 Å². The van der Waals surface area contributed by atoms with Crippen molar-refractivity contribution >= 4 is 11.9 Å². The largest absolute Gasteiger partial charge is 0.466 e. The standard InChI is InChI=1S/C60H111NO5/c1-3-5-7-9-11-13-15-16-31-34-38-42-46-50-54-60(65)66-55-51-47-43-39-35-32-29-27-25-23-21-19-17-18-20-22-24-26-28-30-33-37-41-45-49-53-59(64)61-57(56-62)58(63)52-48-44-40-36-14-12-10-8-6-4-2/h9,11,15-16,18,20,48,52,57-58,62-63H,3-8,10,12-14,17,19,21-47,49-51,53-56H2,1-2H3,(H,61,64)/b11-9-,16-15-,20-18-,52-48+. The van der Waals surface area contributed by atoms with Crippen LogP contribution >= 0.6 is 0 Å². The van der Waals surface area contributed by atoms with Crippen molar-refractivity contribution in [3.8, 4) is 0 Å². The number of hydrogen-bond acceptors (Lipinski definition) is 5. The Labute approximate surface area is 410 Å². The van der Waals surface area contributed by atoms with Gasteiger partial charge in [0.05, 0.1) is 25.4 Å². The fourth-order valence-electron chi connectivity index (χ4n) is 8.59. The quantitative estimate of drug-likeness (QED) is 0.0321. The first-order valence-electron chi connectivity index (χ1n) is 28.9. The van der Waals surface area contributed by atoms with Crippen molar-refractivity contribution in [1.29, 1.82) is 0 Å². The Bertz CT molecular complexity index is 1110. The predicted octanol–water partition coefficient (Wildman–Crippen LogP) is 17.8. The normalized spacial score (nSPS) is 13.0. The lowest BCUT2D eigenvalue weighted by Crippen LogP contribution is -2.45. The topological polar surface area (TPSA) is 95.9 Å². The number of aliphatic hydroxyl groups is 2. The molecule has 0 rings (SSSR count). The summed E-state index contributed by atoms with van der Waals surface area (Å²) in [6, 6.07) is -0.629. The maximum atomic E-state index is 12.4. The number of aliphatic hydroxyl groups excluding tert-OH is 2. The summed E-state index contributed by atoms with van der Waals surface area (Å²) in [4.78, 5) is 24.4. The Balaban J connectivity index is 3.40. The van der Waals surface area contributed by atoms with Gasteiger partial charge in [0.25, 0.3) is 0 Å². The van der Waals surface area contributed by atoms with Gasteiger partial charge in [-0.15, -0.1) is 0 Å². The van der Waals surface area contributed by atoms with Crippen molar-refractivity contribution in [2.75, 3.05) is 13.2 Å². The van der Waals surface area contributed by atoms with Crippen LogP contribution in [-0.4, -0.2) is 47.4 Å². The number of ether oxygens (including phenoxy) is 1. The zero-order valence-corrected chi connectivity index (χ0v) is 43.9. The Morgan fingerprint density at radius 3 is 1.21 bits per heavy atom. The van der Waals surface area contributed by atoms with E-state index in [1.807, 2.05) is 6.08 Å². The fourth-order valence-corrected chi connectivity index (χ4v) is 8.59. The summed E-state index contributed by atoms with van der Waals surface area (Å²) in [5.74, 6) is -0.0760. The number of nitrogens with one attached hydrogen (secondary N) is 1. The third kappa shape index (κ3) is 51.2. The number of carbonyl (C=O) groups excluding carboxylic acids is 2. The van der Waals surface area contributed by atoms with Gasteiger partial charge in [-0.1, -0.05) is 249 Å². The maximum absolute atomic E-state index is 12.4. The molecule has 0 radical (unpaired) electrons. The monoisotopic (exact) mass is 926 g/mol. The molecule has 0 saturated heterocycles. The first-order chi connectivity index (χ1) is 32.5. The van der Waals surface area contributed by atoms with Gasteiger partial charge in [0, 0.05) is 12.8 Å². The summed E-state index contributed by atoms with van der Waals surface area (Å²) >= 11 is 0. The molecule has 0 bridgehead atoms. The van der Waals surface area contributed by atoms with Gasteiger partial charge in [0.2, 0.25) is 5.91 Å². The number of amides is 1. The molecule has 2 atom stereocenters. The molecule has 6 nitrogen and oxygen atoms in total. The molecule has 0 aromatic heterocycles. The van der Waals surface area contributed by atoms with Gasteiger partial charge in [-0.25, -0.2) is 0 Å². The molecule has 0 spiro atoms. The van der Waals surface area contributed by atoms with E-state index in [2.05, 4.69) is 55.6 Å². The molecule has 386 valence electrons. The van der Waals surface area contributed by atoms with E-state index in [-0.39, 0.29) is 18.5 Å². The van der Waals surface area contributed by atoms with Crippen LogP contribution in [-0.2, 0) is 14.3 Å². The highest BCUT2D eigenvalue weighted by Crippen LogP contribution is 2.16. The van der Waals surface area contributed by atoms with Crippen molar-refractivity contribution in [3.05, 3.63) is 48.6 Å². The summed E-state index contributed by atoms with van der Waals surface area (Å²) in [7, 11) is 0. The molecule has 0 heterocycles. The Morgan fingerprint density at radius 2 is 0.773 bits per heavy atom. The molecule has 6 heteroatoms. The van der Waals surface area contributed by atoms with Crippen molar-refractivity contribution in [1.82, 2.24) is 5.32 Å².